The number of aryl methyl sites for hydroxylation is 1. The SMILES string of the molecule is C=CC12CC(C=N)=C(Nc3ccc(C)cc3)C=C1CCN(/C(C=N)=C/NC)C2. The fourth-order valence-electron chi connectivity index (χ4n) is 4.01. The third-order valence-electron chi connectivity index (χ3n) is 5.63. The van der Waals surface area contributed by atoms with Crippen molar-refractivity contribution in [3.05, 3.63) is 77.3 Å². The molecule has 0 radical (unpaired) electrons. The highest BCUT2D eigenvalue weighted by atomic mass is 15.2. The van der Waals surface area contributed by atoms with Crippen molar-refractivity contribution in [2.24, 2.45) is 5.41 Å². The van der Waals surface area contributed by atoms with E-state index >= 15 is 0 Å². The smallest absolute Gasteiger partial charge is 0.0704 e. The Bertz CT molecular complexity index is 859. The molecule has 3 rings (SSSR count). The standard InChI is InChI=1S/C23H29N5/c1-4-23-12-18(13-24)22(27-20-7-5-17(2)6-8-20)11-19(23)9-10-28(16-23)21(14-25)15-26-3/h4-8,11,13-15,24-27H,1,9-10,12,16H2,2-3H3/b21-15+,24-13?,25-14?. The van der Waals surface area contributed by atoms with Gasteiger partial charge in [0.25, 0.3) is 0 Å². The van der Waals surface area contributed by atoms with Crippen LogP contribution < -0.4 is 10.6 Å². The van der Waals surface area contributed by atoms with Crippen LogP contribution in [-0.2, 0) is 0 Å². The van der Waals surface area contributed by atoms with Crippen LogP contribution >= 0.6 is 0 Å². The number of hydrogen-bond donors (Lipinski definition) is 4. The van der Waals surface area contributed by atoms with Crippen LogP contribution in [0.25, 0.3) is 0 Å². The molecule has 1 heterocycles. The summed E-state index contributed by atoms with van der Waals surface area (Å²) in [5, 5.41) is 22.2. The third-order valence-corrected chi connectivity index (χ3v) is 5.63. The average molecular weight is 376 g/mol. The van der Waals surface area contributed by atoms with Gasteiger partial charge in [0.2, 0.25) is 0 Å². The van der Waals surface area contributed by atoms with Gasteiger partial charge in [-0.25, -0.2) is 0 Å². The van der Waals surface area contributed by atoms with Crippen molar-refractivity contribution in [1.82, 2.24) is 10.2 Å². The highest BCUT2D eigenvalue weighted by Gasteiger charge is 2.40. The summed E-state index contributed by atoms with van der Waals surface area (Å²) in [6.07, 6.45) is 10.6. The molecule has 4 N–H and O–H groups in total. The van der Waals surface area contributed by atoms with Gasteiger partial charge in [-0.2, -0.15) is 0 Å². The number of anilines is 1. The molecule has 28 heavy (non-hydrogen) atoms. The Morgan fingerprint density at radius 1 is 1.25 bits per heavy atom. The molecule has 1 aromatic rings. The minimum absolute atomic E-state index is 0.209. The van der Waals surface area contributed by atoms with Crippen LogP contribution in [-0.4, -0.2) is 37.5 Å². The Hall–Kier alpha value is -3.08. The Balaban J connectivity index is 1.90. The first-order valence-corrected chi connectivity index (χ1v) is 9.60. The summed E-state index contributed by atoms with van der Waals surface area (Å²) in [6, 6.07) is 8.31. The van der Waals surface area contributed by atoms with Crippen LogP contribution in [0.1, 0.15) is 18.4 Å². The van der Waals surface area contributed by atoms with Crippen molar-refractivity contribution in [1.29, 1.82) is 10.8 Å². The number of nitrogens with zero attached hydrogens (tertiary/aromatic N) is 1. The molecule has 1 aliphatic carbocycles. The molecule has 0 bridgehead atoms. The van der Waals surface area contributed by atoms with Gasteiger partial charge < -0.3 is 26.4 Å². The lowest BCUT2D eigenvalue weighted by atomic mass is 9.68. The van der Waals surface area contributed by atoms with Gasteiger partial charge in [-0.1, -0.05) is 29.3 Å². The Morgan fingerprint density at radius 3 is 2.61 bits per heavy atom. The second-order valence-corrected chi connectivity index (χ2v) is 7.45. The minimum atomic E-state index is -0.209. The summed E-state index contributed by atoms with van der Waals surface area (Å²) >= 11 is 0. The first-order chi connectivity index (χ1) is 13.5. The number of likely N-dealkylation sites (tertiary alicyclic amines) is 1. The van der Waals surface area contributed by atoms with E-state index in [1.54, 1.807) is 0 Å². The molecule has 1 saturated heterocycles. The lowest BCUT2D eigenvalue weighted by molar-refractivity contribution is 0.221. The van der Waals surface area contributed by atoms with Gasteiger partial charge >= 0.3 is 0 Å². The zero-order valence-corrected chi connectivity index (χ0v) is 16.7. The molecular formula is C23H29N5. The molecule has 0 saturated carbocycles. The Kier molecular flexibility index (Phi) is 5.83. The van der Waals surface area contributed by atoms with Gasteiger partial charge in [0.1, 0.15) is 0 Å². The van der Waals surface area contributed by atoms with Crippen LogP contribution in [0.2, 0.25) is 0 Å². The van der Waals surface area contributed by atoms with E-state index in [2.05, 4.69) is 59.4 Å². The number of benzene rings is 1. The maximum absolute atomic E-state index is 7.97. The topological polar surface area (TPSA) is 75.0 Å². The van der Waals surface area contributed by atoms with Gasteiger partial charge in [-0.05, 0) is 43.5 Å². The Labute approximate surface area is 167 Å². The van der Waals surface area contributed by atoms with E-state index in [4.69, 9.17) is 10.8 Å². The maximum Gasteiger partial charge on any atom is 0.0704 e. The summed E-state index contributed by atoms with van der Waals surface area (Å²) < 4.78 is 0. The van der Waals surface area contributed by atoms with Crippen LogP contribution in [0.5, 0.6) is 0 Å². The largest absolute Gasteiger partial charge is 0.392 e. The zero-order chi connectivity index (χ0) is 20.1. The molecule has 0 spiro atoms. The van der Waals surface area contributed by atoms with Crippen LogP contribution in [0, 0.1) is 23.2 Å². The molecule has 5 heteroatoms. The van der Waals surface area contributed by atoms with Crippen molar-refractivity contribution in [3.8, 4) is 0 Å². The second-order valence-electron chi connectivity index (χ2n) is 7.45. The van der Waals surface area contributed by atoms with E-state index in [0.717, 1.165) is 48.6 Å². The van der Waals surface area contributed by atoms with Gasteiger partial charge in [0, 0.05) is 55.6 Å². The van der Waals surface area contributed by atoms with Crippen molar-refractivity contribution >= 4 is 18.1 Å². The Morgan fingerprint density at radius 2 is 2.00 bits per heavy atom. The lowest BCUT2D eigenvalue weighted by Crippen LogP contribution is -2.45. The molecule has 1 unspecified atom stereocenters. The molecule has 2 aliphatic rings. The number of hydrogen-bond acceptors (Lipinski definition) is 5. The molecule has 1 aliphatic heterocycles. The molecule has 1 aromatic carbocycles. The highest BCUT2D eigenvalue weighted by Crippen LogP contribution is 2.46. The average Bonchev–Trinajstić information content (AvgIpc) is 2.72. The van der Waals surface area contributed by atoms with Crippen LogP contribution in [0.3, 0.4) is 0 Å². The summed E-state index contributed by atoms with van der Waals surface area (Å²) in [6.45, 7) is 7.84. The predicted molar refractivity (Wildman–Crippen MR) is 118 cm³/mol. The fourth-order valence-corrected chi connectivity index (χ4v) is 4.01. The van der Waals surface area contributed by atoms with Gasteiger partial charge in [0.05, 0.1) is 5.70 Å². The normalized spacial score (nSPS) is 22.1. The van der Waals surface area contributed by atoms with Gasteiger partial charge in [0.15, 0.2) is 0 Å². The highest BCUT2D eigenvalue weighted by molar-refractivity contribution is 5.81. The number of allylic oxidation sites excluding steroid dienone is 3. The fraction of sp³-hybridized carbons (Fsp3) is 0.304. The van der Waals surface area contributed by atoms with E-state index in [1.807, 2.05) is 19.3 Å². The molecule has 1 fully saturated rings. The first kappa shape index (κ1) is 19.7. The number of piperidine rings is 1. The van der Waals surface area contributed by atoms with Gasteiger partial charge in [-0.15, -0.1) is 6.58 Å². The van der Waals surface area contributed by atoms with E-state index in [-0.39, 0.29) is 5.41 Å². The lowest BCUT2D eigenvalue weighted by Gasteiger charge is -2.46. The quantitative estimate of drug-likeness (QED) is 0.426. The zero-order valence-electron chi connectivity index (χ0n) is 16.7. The molecule has 0 aromatic heterocycles. The summed E-state index contributed by atoms with van der Waals surface area (Å²) in [4.78, 5) is 2.22. The molecule has 0 amide bonds. The van der Waals surface area contributed by atoms with Crippen LogP contribution in [0.4, 0.5) is 5.69 Å². The summed E-state index contributed by atoms with van der Waals surface area (Å²) in [5.74, 6) is 0. The third kappa shape index (κ3) is 3.79. The van der Waals surface area contributed by atoms with Crippen molar-refractivity contribution < 1.29 is 0 Å². The second kappa shape index (κ2) is 8.30. The van der Waals surface area contributed by atoms with E-state index in [9.17, 15) is 0 Å². The minimum Gasteiger partial charge on any atom is -0.392 e. The molecule has 1 atom stereocenters. The number of nitrogens with one attached hydrogen (secondary N) is 4. The summed E-state index contributed by atoms with van der Waals surface area (Å²) in [7, 11) is 1.85. The monoisotopic (exact) mass is 375 g/mol. The van der Waals surface area contributed by atoms with E-state index in [1.165, 1.54) is 23.6 Å². The van der Waals surface area contributed by atoms with Crippen molar-refractivity contribution in [2.45, 2.75) is 19.8 Å². The van der Waals surface area contributed by atoms with Crippen LogP contribution in [0.15, 0.2) is 71.7 Å². The molecule has 146 valence electrons. The molecule has 5 nitrogen and oxygen atoms in total. The van der Waals surface area contributed by atoms with E-state index in [0.29, 0.717) is 0 Å². The van der Waals surface area contributed by atoms with Crippen molar-refractivity contribution in [3.63, 3.8) is 0 Å². The van der Waals surface area contributed by atoms with Gasteiger partial charge in [-0.3, -0.25) is 0 Å². The summed E-state index contributed by atoms with van der Waals surface area (Å²) in [5.41, 5.74) is 6.23. The number of rotatable bonds is 7. The maximum atomic E-state index is 7.97. The molecular weight excluding hydrogens is 346 g/mol. The predicted octanol–water partition coefficient (Wildman–Crippen LogP) is 4.23. The van der Waals surface area contributed by atoms with E-state index < -0.39 is 0 Å². The number of fused-ring (bicyclic) bond motifs is 1. The van der Waals surface area contributed by atoms with Crippen molar-refractivity contribution in [2.75, 3.05) is 25.5 Å². The first-order valence-electron chi connectivity index (χ1n) is 9.60.